The van der Waals surface area contributed by atoms with Crippen LogP contribution in [-0.4, -0.2) is 13.7 Å². The summed E-state index contributed by atoms with van der Waals surface area (Å²) in [5, 5.41) is 1.61. The largest absolute Gasteiger partial charge is 0.497 e. The Bertz CT molecular complexity index is 889. The molecule has 0 amide bonds. The molecule has 4 heteroatoms. The number of methoxy groups -OCH3 is 1. The molecule has 3 rings (SSSR count). The van der Waals surface area contributed by atoms with Crippen LogP contribution in [0, 0.1) is 0 Å². The molecule has 0 bridgehead atoms. The Hall–Kier alpha value is -2.62. The third kappa shape index (κ3) is 4.57. The molecule has 0 fully saturated rings. The minimum atomic E-state index is -2.83. The van der Waals surface area contributed by atoms with Gasteiger partial charge in [0.25, 0.3) is 0 Å². The number of halogens is 2. The molecule has 0 unspecified atom stereocenters. The monoisotopic (exact) mass is 370 g/mol. The number of benzene rings is 3. The van der Waals surface area contributed by atoms with Crippen molar-refractivity contribution in [1.29, 1.82) is 0 Å². The highest BCUT2D eigenvalue weighted by atomic mass is 19.3. The van der Waals surface area contributed by atoms with Crippen LogP contribution in [0.3, 0.4) is 0 Å². The van der Waals surface area contributed by atoms with E-state index in [0.717, 1.165) is 58.9 Å². The average molecular weight is 370 g/mol. The zero-order valence-electron chi connectivity index (χ0n) is 15.7. The van der Waals surface area contributed by atoms with Crippen LogP contribution in [0.5, 0.6) is 11.5 Å². The van der Waals surface area contributed by atoms with Gasteiger partial charge in [-0.25, -0.2) is 0 Å². The molecule has 0 saturated carbocycles. The van der Waals surface area contributed by atoms with Crippen molar-refractivity contribution in [2.45, 2.75) is 39.2 Å². The Labute approximate surface area is 158 Å². The average Bonchev–Trinajstić information content (AvgIpc) is 2.69. The van der Waals surface area contributed by atoms with Crippen LogP contribution in [0.1, 0.15) is 31.7 Å². The third-order valence-corrected chi connectivity index (χ3v) is 4.73. The molecule has 0 aliphatic carbocycles. The van der Waals surface area contributed by atoms with Gasteiger partial charge in [0.15, 0.2) is 0 Å². The Morgan fingerprint density at radius 2 is 1.63 bits per heavy atom. The summed E-state index contributed by atoms with van der Waals surface area (Å²) in [6, 6.07) is 17.5. The summed E-state index contributed by atoms with van der Waals surface area (Å²) in [5.41, 5.74) is 2.90. The molecule has 2 nitrogen and oxygen atoms in total. The molecule has 3 aromatic rings. The standard InChI is InChI=1S/C23H24F2O2/c1-3-4-5-6-17-7-8-19-15-18(16-9-12-20(26-2)13-10-16)11-14-21(19)22(17)27-23(24)25/h7-15,23H,3-6H2,1-2H3. The van der Waals surface area contributed by atoms with Gasteiger partial charge in [-0.1, -0.05) is 56.2 Å². The number of fused-ring (bicyclic) bond motifs is 1. The highest BCUT2D eigenvalue weighted by molar-refractivity contribution is 5.93. The summed E-state index contributed by atoms with van der Waals surface area (Å²) in [4.78, 5) is 0. The fraction of sp³-hybridized carbons (Fsp3) is 0.304. The van der Waals surface area contributed by atoms with Crippen molar-refractivity contribution in [3.8, 4) is 22.6 Å². The van der Waals surface area contributed by atoms with Crippen LogP contribution in [0.2, 0.25) is 0 Å². The van der Waals surface area contributed by atoms with E-state index in [1.165, 1.54) is 0 Å². The maximum atomic E-state index is 13.0. The molecular formula is C23H24F2O2. The van der Waals surface area contributed by atoms with E-state index in [1.54, 1.807) is 7.11 Å². The highest BCUT2D eigenvalue weighted by Gasteiger charge is 2.14. The Morgan fingerprint density at radius 1 is 0.889 bits per heavy atom. The topological polar surface area (TPSA) is 18.5 Å². The number of hydrogen-bond donors (Lipinski definition) is 0. The minimum Gasteiger partial charge on any atom is -0.497 e. The lowest BCUT2D eigenvalue weighted by molar-refractivity contribution is -0.0493. The van der Waals surface area contributed by atoms with Gasteiger partial charge in [-0.15, -0.1) is 0 Å². The van der Waals surface area contributed by atoms with Gasteiger partial charge in [0.1, 0.15) is 11.5 Å². The van der Waals surface area contributed by atoms with Crippen molar-refractivity contribution in [2.24, 2.45) is 0 Å². The lowest BCUT2D eigenvalue weighted by Gasteiger charge is -2.15. The smallest absolute Gasteiger partial charge is 0.387 e. The van der Waals surface area contributed by atoms with E-state index >= 15 is 0 Å². The van der Waals surface area contributed by atoms with Gasteiger partial charge in [-0.2, -0.15) is 8.78 Å². The van der Waals surface area contributed by atoms with Gasteiger partial charge in [-0.05, 0) is 53.1 Å². The van der Waals surface area contributed by atoms with Gasteiger partial charge in [0, 0.05) is 5.39 Å². The maximum absolute atomic E-state index is 13.0. The van der Waals surface area contributed by atoms with Crippen molar-refractivity contribution in [3.05, 3.63) is 60.2 Å². The fourth-order valence-corrected chi connectivity index (χ4v) is 3.30. The predicted octanol–water partition coefficient (Wildman–Crippen LogP) is 6.85. The molecule has 0 aliphatic rings. The molecule has 0 spiro atoms. The van der Waals surface area contributed by atoms with Crippen molar-refractivity contribution in [1.82, 2.24) is 0 Å². The molecule has 27 heavy (non-hydrogen) atoms. The number of alkyl halides is 2. The van der Waals surface area contributed by atoms with Crippen LogP contribution in [0.25, 0.3) is 21.9 Å². The van der Waals surface area contributed by atoms with E-state index in [0.29, 0.717) is 5.75 Å². The molecule has 0 radical (unpaired) electrons. The molecule has 0 saturated heterocycles. The number of hydrogen-bond acceptors (Lipinski definition) is 2. The zero-order chi connectivity index (χ0) is 19.2. The third-order valence-electron chi connectivity index (χ3n) is 4.73. The molecule has 3 aromatic carbocycles. The molecule has 0 atom stereocenters. The highest BCUT2D eigenvalue weighted by Crippen LogP contribution is 2.35. The van der Waals surface area contributed by atoms with E-state index < -0.39 is 6.61 Å². The van der Waals surface area contributed by atoms with Gasteiger partial charge in [0.05, 0.1) is 7.11 Å². The van der Waals surface area contributed by atoms with Crippen molar-refractivity contribution >= 4 is 10.8 Å². The lowest BCUT2D eigenvalue weighted by Crippen LogP contribution is -2.05. The first kappa shape index (κ1) is 19.2. The fourth-order valence-electron chi connectivity index (χ4n) is 3.30. The second kappa shape index (κ2) is 8.85. The SMILES string of the molecule is CCCCCc1ccc2cc(-c3ccc(OC)cc3)ccc2c1OC(F)F. The summed E-state index contributed by atoms with van der Waals surface area (Å²) in [6.07, 6.45) is 3.87. The number of ether oxygens (including phenoxy) is 2. The predicted molar refractivity (Wildman–Crippen MR) is 106 cm³/mol. The second-order valence-electron chi connectivity index (χ2n) is 6.55. The Morgan fingerprint density at radius 3 is 2.30 bits per heavy atom. The van der Waals surface area contributed by atoms with Crippen LogP contribution in [0.4, 0.5) is 8.78 Å². The second-order valence-corrected chi connectivity index (χ2v) is 6.55. The van der Waals surface area contributed by atoms with E-state index in [2.05, 4.69) is 6.92 Å². The first-order chi connectivity index (χ1) is 13.1. The van der Waals surface area contributed by atoms with Gasteiger partial charge < -0.3 is 9.47 Å². The number of aryl methyl sites for hydroxylation is 1. The molecule has 0 N–H and O–H groups in total. The molecule has 0 aromatic heterocycles. The minimum absolute atomic E-state index is 0.305. The quantitative estimate of drug-likeness (QED) is 0.404. The van der Waals surface area contributed by atoms with Gasteiger partial charge in [0.2, 0.25) is 0 Å². The first-order valence-electron chi connectivity index (χ1n) is 9.27. The molecule has 142 valence electrons. The molecular weight excluding hydrogens is 346 g/mol. The number of rotatable bonds is 8. The van der Waals surface area contributed by atoms with Crippen LogP contribution in [-0.2, 0) is 6.42 Å². The maximum Gasteiger partial charge on any atom is 0.387 e. The summed E-state index contributed by atoms with van der Waals surface area (Å²) in [5.74, 6) is 1.10. The van der Waals surface area contributed by atoms with E-state index in [1.807, 2.05) is 54.6 Å². The Balaban J connectivity index is 1.99. The van der Waals surface area contributed by atoms with E-state index in [9.17, 15) is 8.78 Å². The summed E-state index contributed by atoms with van der Waals surface area (Å²) >= 11 is 0. The van der Waals surface area contributed by atoms with Gasteiger partial charge in [-0.3, -0.25) is 0 Å². The molecule has 0 aliphatic heterocycles. The van der Waals surface area contributed by atoms with E-state index in [-0.39, 0.29) is 0 Å². The van der Waals surface area contributed by atoms with Crippen molar-refractivity contribution in [3.63, 3.8) is 0 Å². The number of unbranched alkanes of at least 4 members (excludes halogenated alkanes) is 2. The summed E-state index contributed by atoms with van der Waals surface area (Å²) in [6.45, 7) is -0.709. The lowest BCUT2D eigenvalue weighted by atomic mass is 9.97. The zero-order valence-corrected chi connectivity index (χ0v) is 15.7. The van der Waals surface area contributed by atoms with Crippen molar-refractivity contribution < 1.29 is 18.3 Å². The normalized spacial score (nSPS) is 11.1. The van der Waals surface area contributed by atoms with Crippen LogP contribution < -0.4 is 9.47 Å². The van der Waals surface area contributed by atoms with Gasteiger partial charge >= 0.3 is 6.61 Å². The summed E-state index contributed by atoms with van der Waals surface area (Å²) < 4.78 is 36.1. The summed E-state index contributed by atoms with van der Waals surface area (Å²) in [7, 11) is 1.63. The van der Waals surface area contributed by atoms with Crippen LogP contribution in [0.15, 0.2) is 54.6 Å². The van der Waals surface area contributed by atoms with Crippen molar-refractivity contribution in [2.75, 3.05) is 7.11 Å². The Kier molecular flexibility index (Phi) is 6.28. The van der Waals surface area contributed by atoms with Crippen LogP contribution >= 0.6 is 0 Å². The first-order valence-corrected chi connectivity index (χ1v) is 9.27. The van der Waals surface area contributed by atoms with E-state index in [4.69, 9.17) is 9.47 Å². The molecule has 0 heterocycles.